The summed E-state index contributed by atoms with van der Waals surface area (Å²) in [5, 5.41) is 0. The van der Waals surface area contributed by atoms with Crippen LogP contribution in [0.15, 0.2) is 29.2 Å². The van der Waals surface area contributed by atoms with Gasteiger partial charge in [0.2, 0.25) is 11.8 Å². The molecule has 5 heteroatoms. The maximum absolute atomic E-state index is 12.2. The maximum Gasteiger partial charge on any atom is 0.251 e. The summed E-state index contributed by atoms with van der Waals surface area (Å²) >= 11 is 0. The molecule has 0 aliphatic carbocycles. The Morgan fingerprint density at radius 1 is 1.50 bits per heavy atom. The summed E-state index contributed by atoms with van der Waals surface area (Å²) in [6.07, 6.45) is 1.23. The predicted molar refractivity (Wildman–Crippen MR) is 67.2 cm³/mol. The zero-order chi connectivity index (χ0) is 13.3. The molecule has 1 aromatic rings. The second-order valence-electron chi connectivity index (χ2n) is 4.29. The second kappa shape index (κ2) is 4.68. The van der Waals surface area contributed by atoms with Gasteiger partial charge in [0.25, 0.3) is 5.91 Å². The Morgan fingerprint density at radius 3 is 2.78 bits per heavy atom. The van der Waals surface area contributed by atoms with Crippen LogP contribution in [0.2, 0.25) is 0 Å². The van der Waals surface area contributed by atoms with Crippen LogP contribution in [0, 0.1) is 6.92 Å². The molecule has 2 heterocycles. The van der Waals surface area contributed by atoms with E-state index in [1.807, 2.05) is 13.0 Å². The van der Waals surface area contributed by atoms with Crippen LogP contribution in [0.25, 0.3) is 0 Å². The first-order valence-electron chi connectivity index (χ1n) is 5.85. The smallest absolute Gasteiger partial charge is 0.251 e. The highest BCUT2D eigenvalue weighted by Gasteiger charge is 2.35. The summed E-state index contributed by atoms with van der Waals surface area (Å²) in [6.45, 7) is 7.91. The van der Waals surface area contributed by atoms with E-state index in [1.54, 1.807) is 17.9 Å². The summed E-state index contributed by atoms with van der Waals surface area (Å²) in [7, 11) is 0. The first-order valence-corrected chi connectivity index (χ1v) is 5.85. The van der Waals surface area contributed by atoms with Gasteiger partial charge in [-0.1, -0.05) is 6.58 Å². The third kappa shape index (κ3) is 2.03. The second-order valence-corrected chi connectivity index (χ2v) is 4.29. The highest BCUT2D eigenvalue weighted by atomic mass is 16.4. The third-order valence-corrected chi connectivity index (χ3v) is 3.11. The van der Waals surface area contributed by atoms with Crippen molar-refractivity contribution in [1.82, 2.24) is 4.90 Å². The van der Waals surface area contributed by atoms with Crippen molar-refractivity contribution >= 4 is 17.7 Å². The molecule has 0 spiro atoms. The highest BCUT2D eigenvalue weighted by Crippen LogP contribution is 2.22. The van der Waals surface area contributed by atoms with E-state index in [2.05, 4.69) is 6.58 Å². The molecule has 1 aliphatic rings. The van der Waals surface area contributed by atoms with E-state index in [-0.39, 0.29) is 11.8 Å². The van der Waals surface area contributed by atoms with Crippen LogP contribution in [0.5, 0.6) is 0 Å². The number of carbonyl (C=O) groups is 2. The average Bonchev–Trinajstić information content (AvgIpc) is 2.78. The molecule has 1 atom stereocenters. The zero-order valence-corrected chi connectivity index (χ0v) is 10.5. The Labute approximate surface area is 106 Å². The van der Waals surface area contributed by atoms with Crippen molar-refractivity contribution in [3.63, 3.8) is 0 Å². The number of aryl methyl sites for hydroxylation is 1. The number of furan rings is 1. The van der Waals surface area contributed by atoms with Gasteiger partial charge in [0.05, 0.1) is 0 Å². The maximum atomic E-state index is 12.2. The van der Waals surface area contributed by atoms with Crippen LogP contribution in [-0.2, 0) is 9.59 Å². The molecule has 0 aromatic carbocycles. The van der Waals surface area contributed by atoms with E-state index in [9.17, 15) is 9.59 Å². The number of amides is 2. The lowest BCUT2D eigenvalue weighted by Gasteiger charge is -2.37. The van der Waals surface area contributed by atoms with Crippen molar-refractivity contribution in [2.75, 3.05) is 18.0 Å². The van der Waals surface area contributed by atoms with E-state index >= 15 is 0 Å². The number of rotatable bonds is 2. The molecule has 1 unspecified atom stereocenters. The largest absolute Gasteiger partial charge is 0.445 e. The van der Waals surface area contributed by atoms with Crippen LogP contribution in [0.4, 0.5) is 5.88 Å². The summed E-state index contributed by atoms with van der Waals surface area (Å²) < 4.78 is 5.45. The molecule has 0 saturated carbocycles. The Kier molecular flexibility index (Phi) is 3.23. The Bertz CT molecular complexity index is 492. The third-order valence-electron chi connectivity index (χ3n) is 3.11. The molecule has 1 aliphatic heterocycles. The molecule has 1 aromatic heterocycles. The number of hydrogen-bond acceptors (Lipinski definition) is 3. The lowest BCUT2D eigenvalue weighted by molar-refractivity contribution is -0.137. The fourth-order valence-electron chi connectivity index (χ4n) is 2.07. The van der Waals surface area contributed by atoms with Gasteiger partial charge in [-0.25, -0.2) is 0 Å². The molecule has 0 N–H and O–H groups in total. The predicted octanol–water partition coefficient (Wildman–Crippen LogP) is 1.34. The standard InChI is InChI=1S/C13H16N2O3/c1-4-11(16)14-7-8-15(13(17)10(14)3)12-6-5-9(2)18-12/h4-6,10H,1,7-8H2,2-3H3. The minimum Gasteiger partial charge on any atom is -0.445 e. The van der Waals surface area contributed by atoms with Crippen molar-refractivity contribution in [3.8, 4) is 0 Å². The molecule has 0 bridgehead atoms. The molecule has 0 radical (unpaired) electrons. The number of nitrogens with zero attached hydrogens (tertiary/aromatic N) is 2. The lowest BCUT2D eigenvalue weighted by atomic mass is 10.1. The molecule has 96 valence electrons. The van der Waals surface area contributed by atoms with Crippen molar-refractivity contribution in [2.45, 2.75) is 19.9 Å². The van der Waals surface area contributed by atoms with E-state index < -0.39 is 6.04 Å². The minimum absolute atomic E-state index is 0.134. The monoisotopic (exact) mass is 248 g/mol. The SMILES string of the molecule is C=CC(=O)N1CCN(c2ccc(C)o2)C(=O)C1C. The van der Waals surface area contributed by atoms with Gasteiger partial charge in [-0.15, -0.1) is 0 Å². The van der Waals surface area contributed by atoms with E-state index in [1.165, 1.54) is 11.0 Å². The number of carbonyl (C=O) groups excluding carboxylic acids is 2. The number of piperazine rings is 1. The van der Waals surface area contributed by atoms with Crippen LogP contribution in [0.1, 0.15) is 12.7 Å². The van der Waals surface area contributed by atoms with E-state index in [0.717, 1.165) is 5.76 Å². The van der Waals surface area contributed by atoms with Crippen molar-refractivity contribution in [3.05, 3.63) is 30.5 Å². The number of hydrogen-bond donors (Lipinski definition) is 0. The first-order chi connectivity index (χ1) is 8.54. The van der Waals surface area contributed by atoms with Gasteiger partial charge in [-0.3, -0.25) is 14.5 Å². The molecule has 5 nitrogen and oxygen atoms in total. The molecular formula is C13H16N2O3. The quantitative estimate of drug-likeness (QED) is 0.742. The van der Waals surface area contributed by atoms with Crippen molar-refractivity contribution in [2.24, 2.45) is 0 Å². The van der Waals surface area contributed by atoms with Crippen molar-refractivity contribution < 1.29 is 14.0 Å². The molecule has 1 saturated heterocycles. The van der Waals surface area contributed by atoms with Crippen LogP contribution in [-0.4, -0.2) is 35.8 Å². The summed E-state index contributed by atoms with van der Waals surface area (Å²) in [4.78, 5) is 26.9. The van der Waals surface area contributed by atoms with Gasteiger partial charge in [0, 0.05) is 19.2 Å². The van der Waals surface area contributed by atoms with Gasteiger partial charge in [-0.05, 0) is 26.0 Å². The summed E-state index contributed by atoms with van der Waals surface area (Å²) in [5.41, 5.74) is 0. The Balaban J connectivity index is 2.18. The van der Waals surface area contributed by atoms with Gasteiger partial charge < -0.3 is 9.32 Å². The minimum atomic E-state index is -0.491. The lowest BCUT2D eigenvalue weighted by Crippen LogP contribution is -2.57. The Morgan fingerprint density at radius 2 is 2.22 bits per heavy atom. The highest BCUT2D eigenvalue weighted by molar-refractivity contribution is 6.00. The van der Waals surface area contributed by atoms with Gasteiger partial charge in [-0.2, -0.15) is 0 Å². The molecule has 18 heavy (non-hydrogen) atoms. The van der Waals surface area contributed by atoms with E-state index in [4.69, 9.17) is 4.42 Å². The fraction of sp³-hybridized carbons (Fsp3) is 0.385. The molecule has 1 fully saturated rings. The molecular weight excluding hydrogens is 232 g/mol. The molecule has 2 amide bonds. The van der Waals surface area contributed by atoms with Gasteiger partial charge in [0.15, 0.2) is 0 Å². The zero-order valence-electron chi connectivity index (χ0n) is 10.5. The summed E-state index contributed by atoms with van der Waals surface area (Å²) in [6, 6.07) is 3.09. The fourth-order valence-corrected chi connectivity index (χ4v) is 2.07. The first kappa shape index (κ1) is 12.4. The van der Waals surface area contributed by atoms with Gasteiger partial charge in [0.1, 0.15) is 11.8 Å². The van der Waals surface area contributed by atoms with Crippen molar-refractivity contribution in [1.29, 1.82) is 0 Å². The topological polar surface area (TPSA) is 53.8 Å². The summed E-state index contributed by atoms with van der Waals surface area (Å²) in [5.74, 6) is 0.946. The van der Waals surface area contributed by atoms with Crippen LogP contribution in [0.3, 0.4) is 0 Å². The van der Waals surface area contributed by atoms with Crippen LogP contribution >= 0.6 is 0 Å². The van der Waals surface area contributed by atoms with Crippen LogP contribution < -0.4 is 4.90 Å². The van der Waals surface area contributed by atoms with E-state index in [0.29, 0.717) is 19.0 Å². The molecule has 2 rings (SSSR count). The van der Waals surface area contributed by atoms with Gasteiger partial charge >= 0.3 is 0 Å². The Hall–Kier alpha value is -2.04. The average molecular weight is 248 g/mol. The number of anilines is 1. The normalized spacial score (nSPS) is 20.1.